The van der Waals surface area contributed by atoms with Crippen molar-refractivity contribution in [3.63, 3.8) is 0 Å². The predicted octanol–water partition coefficient (Wildman–Crippen LogP) is 3.75. The smallest absolute Gasteiger partial charge is 0.339 e. The molecule has 1 heterocycles. The van der Waals surface area contributed by atoms with Crippen molar-refractivity contribution < 1.29 is 19.4 Å². The molecule has 0 bridgehead atoms. The summed E-state index contributed by atoms with van der Waals surface area (Å²) in [7, 11) is 1.64. The molecular weight excluding hydrogens is 408 g/mol. The number of anilines is 1. The number of aliphatic imine (C=N–C) groups is 2. The lowest BCUT2D eigenvalue weighted by Gasteiger charge is -2.19. The second-order valence-electron chi connectivity index (χ2n) is 7.34. The van der Waals surface area contributed by atoms with E-state index in [4.69, 9.17) is 9.47 Å². The van der Waals surface area contributed by atoms with E-state index in [1.54, 1.807) is 19.2 Å². The summed E-state index contributed by atoms with van der Waals surface area (Å²) in [5.74, 6) is 0.690. The van der Waals surface area contributed by atoms with Crippen molar-refractivity contribution in [1.29, 1.82) is 0 Å². The fourth-order valence-electron chi connectivity index (χ4n) is 3.40. The zero-order chi connectivity index (χ0) is 22.9. The summed E-state index contributed by atoms with van der Waals surface area (Å²) in [5.41, 5.74) is 1.92. The summed E-state index contributed by atoms with van der Waals surface area (Å²) in [5, 5.41) is 12.6. The molecule has 2 N–H and O–H groups in total. The molecule has 1 atom stereocenters. The van der Waals surface area contributed by atoms with E-state index in [9.17, 15) is 9.90 Å². The van der Waals surface area contributed by atoms with Crippen molar-refractivity contribution in [2.24, 2.45) is 9.98 Å². The van der Waals surface area contributed by atoms with Gasteiger partial charge in [0.25, 0.3) is 0 Å². The Morgan fingerprint density at radius 1 is 1.19 bits per heavy atom. The Morgan fingerprint density at radius 3 is 2.53 bits per heavy atom. The molecule has 1 aliphatic heterocycles. The zero-order valence-corrected chi connectivity index (χ0v) is 18.7. The van der Waals surface area contributed by atoms with E-state index in [0.717, 1.165) is 30.9 Å². The van der Waals surface area contributed by atoms with Gasteiger partial charge in [0.15, 0.2) is 0 Å². The third kappa shape index (κ3) is 6.07. The molecule has 8 heteroatoms. The molecule has 0 aliphatic carbocycles. The highest BCUT2D eigenvalue weighted by Crippen LogP contribution is 2.25. The SMILES string of the molecule is CCN(CC)CCOc1cc(NC2=NCC(c3ccc(OC)cc3)C=N2)ccc1C(=O)O. The number of guanidine groups is 1. The molecule has 32 heavy (non-hydrogen) atoms. The molecule has 2 aromatic carbocycles. The normalized spacial score (nSPS) is 15.4. The molecule has 0 saturated heterocycles. The molecule has 3 rings (SSSR count). The van der Waals surface area contributed by atoms with Gasteiger partial charge in [0.2, 0.25) is 5.96 Å². The lowest BCUT2D eigenvalue weighted by atomic mass is 10.00. The van der Waals surface area contributed by atoms with Crippen LogP contribution in [0.15, 0.2) is 52.4 Å². The molecule has 0 spiro atoms. The van der Waals surface area contributed by atoms with Crippen LogP contribution in [0.25, 0.3) is 0 Å². The maximum atomic E-state index is 11.6. The van der Waals surface area contributed by atoms with Crippen molar-refractivity contribution in [2.45, 2.75) is 19.8 Å². The van der Waals surface area contributed by atoms with E-state index in [1.165, 1.54) is 6.07 Å². The first-order valence-electron chi connectivity index (χ1n) is 10.8. The number of aromatic carboxylic acids is 1. The quantitative estimate of drug-likeness (QED) is 0.587. The third-order valence-corrected chi connectivity index (χ3v) is 5.39. The highest BCUT2D eigenvalue weighted by molar-refractivity contribution is 6.01. The number of carbonyl (C=O) groups is 1. The van der Waals surface area contributed by atoms with Gasteiger partial charge in [-0.3, -0.25) is 4.99 Å². The predicted molar refractivity (Wildman–Crippen MR) is 127 cm³/mol. The van der Waals surface area contributed by atoms with Crippen LogP contribution < -0.4 is 14.8 Å². The molecule has 0 amide bonds. The van der Waals surface area contributed by atoms with E-state index >= 15 is 0 Å². The molecule has 0 fully saturated rings. The largest absolute Gasteiger partial charge is 0.497 e. The van der Waals surface area contributed by atoms with E-state index < -0.39 is 5.97 Å². The van der Waals surface area contributed by atoms with Crippen LogP contribution >= 0.6 is 0 Å². The summed E-state index contributed by atoms with van der Waals surface area (Å²) in [4.78, 5) is 22.8. The Labute approximate surface area is 188 Å². The third-order valence-electron chi connectivity index (χ3n) is 5.39. The fraction of sp³-hybridized carbons (Fsp3) is 0.375. The van der Waals surface area contributed by atoms with Crippen LogP contribution in [0.1, 0.15) is 35.7 Å². The van der Waals surface area contributed by atoms with Gasteiger partial charge in [-0.15, -0.1) is 0 Å². The summed E-state index contributed by atoms with van der Waals surface area (Å²) in [6, 6.07) is 12.8. The Bertz CT molecular complexity index is 968. The number of nitrogens with zero attached hydrogens (tertiary/aromatic N) is 3. The molecule has 0 saturated carbocycles. The van der Waals surface area contributed by atoms with Gasteiger partial charge in [0, 0.05) is 30.4 Å². The van der Waals surface area contributed by atoms with Crippen LogP contribution in [0.5, 0.6) is 11.5 Å². The molecule has 0 radical (unpaired) electrons. The van der Waals surface area contributed by atoms with Gasteiger partial charge < -0.3 is 24.8 Å². The first-order chi connectivity index (χ1) is 15.5. The lowest BCUT2D eigenvalue weighted by molar-refractivity contribution is 0.0691. The zero-order valence-electron chi connectivity index (χ0n) is 18.7. The molecule has 170 valence electrons. The van der Waals surface area contributed by atoms with Crippen LogP contribution in [0.2, 0.25) is 0 Å². The summed E-state index contributed by atoms with van der Waals surface area (Å²) in [6.45, 7) is 7.72. The fourth-order valence-corrected chi connectivity index (χ4v) is 3.40. The summed E-state index contributed by atoms with van der Waals surface area (Å²) in [6.07, 6.45) is 1.87. The Balaban J connectivity index is 1.64. The van der Waals surface area contributed by atoms with Gasteiger partial charge in [0.05, 0.1) is 13.7 Å². The highest BCUT2D eigenvalue weighted by Gasteiger charge is 2.16. The van der Waals surface area contributed by atoms with Crippen LogP contribution in [-0.4, -0.2) is 68.0 Å². The van der Waals surface area contributed by atoms with Crippen LogP contribution in [0, 0.1) is 0 Å². The number of likely N-dealkylation sites (N-methyl/N-ethyl adjacent to an activating group) is 1. The minimum absolute atomic E-state index is 0.0970. The lowest BCUT2D eigenvalue weighted by Crippen LogP contribution is -2.28. The van der Waals surface area contributed by atoms with Gasteiger partial charge in [-0.05, 0) is 42.9 Å². The van der Waals surface area contributed by atoms with E-state index in [0.29, 0.717) is 30.5 Å². The van der Waals surface area contributed by atoms with E-state index in [-0.39, 0.29) is 11.5 Å². The maximum Gasteiger partial charge on any atom is 0.339 e. The number of benzene rings is 2. The average Bonchev–Trinajstić information content (AvgIpc) is 2.82. The van der Waals surface area contributed by atoms with E-state index in [2.05, 4.69) is 34.0 Å². The van der Waals surface area contributed by atoms with Crippen molar-refractivity contribution in [1.82, 2.24) is 4.90 Å². The van der Waals surface area contributed by atoms with Crippen LogP contribution in [0.3, 0.4) is 0 Å². The minimum atomic E-state index is -1.02. The molecule has 1 aliphatic rings. The van der Waals surface area contributed by atoms with Gasteiger partial charge in [0.1, 0.15) is 23.7 Å². The Kier molecular flexibility index (Phi) is 8.21. The summed E-state index contributed by atoms with van der Waals surface area (Å²) >= 11 is 0. The van der Waals surface area contributed by atoms with Gasteiger partial charge in [-0.2, -0.15) is 0 Å². The summed E-state index contributed by atoms with van der Waals surface area (Å²) < 4.78 is 11.0. The maximum absolute atomic E-state index is 11.6. The number of carboxylic acid groups (broad SMARTS) is 1. The first-order valence-corrected chi connectivity index (χ1v) is 10.8. The number of rotatable bonds is 10. The molecule has 0 aromatic heterocycles. The monoisotopic (exact) mass is 438 g/mol. The van der Waals surface area contributed by atoms with Gasteiger partial charge >= 0.3 is 5.97 Å². The number of ether oxygens (including phenoxy) is 2. The van der Waals surface area contributed by atoms with Gasteiger partial charge in [-0.25, -0.2) is 9.79 Å². The average molecular weight is 439 g/mol. The van der Waals surface area contributed by atoms with Crippen molar-refractivity contribution in [3.05, 3.63) is 53.6 Å². The topological polar surface area (TPSA) is 95.8 Å². The molecule has 2 aromatic rings. The standard InChI is InChI=1S/C24H30N4O4/c1-4-28(5-2)12-13-32-22-14-19(8-11-21(22)23(29)30)27-24-25-15-18(16-26-24)17-6-9-20(31-3)10-7-17/h6-11,14-15,18H,4-5,12-13,16H2,1-3H3,(H,26,27)(H,29,30). The van der Waals surface area contributed by atoms with Crippen LogP contribution in [0.4, 0.5) is 5.69 Å². The van der Waals surface area contributed by atoms with Crippen molar-refractivity contribution >= 4 is 23.8 Å². The Morgan fingerprint density at radius 2 is 1.94 bits per heavy atom. The minimum Gasteiger partial charge on any atom is -0.497 e. The highest BCUT2D eigenvalue weighted by atomic mass is 16.5. The second kappa shape index (κ2) is 11.3. The van der Waals surface area contributed by atoms with Crippen LogP contribution in [-0.2, 0) is 0 Å². The number of hydrogen-bond donors (Lipinski definition) is 2. The van der Waals surface area contributed by atoms with Crippen molar-refractivity contribution in [2.75, 3.05) is 45.2 Å². The molecular formula is C24H30N4O4. The first kappa shape index (κ1) is 23.3. The number of carboxylic acids is 1. The number of nitrogens with one attached hydrogen (secondary N) is 1. The molecule has 8 nitrogen and oxygen atoms in total. The molecule has 1 unspecified atom stereocenters. The van der Waals surface area contributed by atoms with Gasteiger partial charge in [-0.1, -0.05) is 26.0 Å². The van der Waals surface area contributed by atoms with Crippen molar-refractivity contribution in [3.8, 4) is 11.5 Å². The Hall–Kier alpha value is -3.39. The number of methoxy groups -OCH3 is 1. The van der Waals surface area contributed by atoms with E-state index in [1.807, 2.05) is 30.5 Å². The number of hydrogen-bond acceptors (Lipinski definition) is 7. The second-order valence-corrected chi connectivity index (χ2v) is 7.34.